The van der Waals surface area contributed by atoms with E-state index in [1.165, 1.54) is 18.4 Å². The Morgan fingerprint density at radius 2 is 2.25 bits per heavy atom. The van der Waals surface area contributed by atoms with Crippen molar-refractivity contribution >= 4 is 23.3 Å². The number of nitrogens with one attached hydrogen (secondary N) is 1. The Morgan fingerprint density at radius 1 is 1.50 bits per heavy atom. The van der Waals surface area contributed by atoms with Gasteiger partial charge in [-0.15, -0.1) is 0 Å². The second-order valence-corrected chi connectivity index (χ2v) is 5.81. The fraction of sp³-hybridized carbons (Fsp3) is 0.429. The molecule has 3 rings (SSSR count). The zero-order valence-electron chi connectivity index (χ0n) is 11.4. The van der Waals surface area contributed by atoms with Gasteiger partial charge in [-0.05, 0) is 42.2 Å². The first-order valence-corrected chi connectivity index (χ1v) is 7.48. The van der Waals surface area contributed by atoms with Crippen molar-refractivity contribution in [3.63, 3.8) is 0 Å². The van der Waals surface area contributed by atoms with E-state index in [2.05, 4.69) is 5.32 Å². The van der Waals surface area contributed by atoms with Crippen LogP contribution >= 0.6 is 11.3 Å². The van der Waals surface area contributed by atoms with Crippen molar-refractivity contribution in [2.45, 2.75) is 31.8 Å². The number of rotatable bonds is 3. The standard InChI is InChI=1S/C14H16N2O3S/c1-8-11(13(17)19-2)12(9-5-6-20-7-9)15-14(18)16(8)10-3-4-10/h5-7,10,12H,3-4H2,1-2H3,(H,15,18). The number of hydrogen-bond acceptors (Lipinski definition) is 4. The smallest absolute Gasteiger partial charge is 0.337 e. The molecule has 2 heterocycles. The molecule has 2 aliphatic rings. The zero-order chi connectivity index (χ0) is 14.3. The highest BCUT2D eigenvalue weighted by Crippen LogP contribution is 2.38. The largest absolute Gasteiger partial charge is 0.466 e. The Kier molecular flexibility index (Phi) is 3.25. The first kappa shape index (κ1) is 13.2. The van der Waals surface area contributed by atoms with Crippen molar-refractivity contribution < 1.29 is 14.3 Å². The zero-order valence-corrected chi connectivity index (χ0v) is 12.2. The van der Waals surface area contributed by atoms with Gasteiger partial charge >= 0.3 is 12.0 Å². The summed E-state index contributed by atoms with van der Waals surface area (Å²) in [5, 5.41) is 6.79. The molecular formula is C14H16N2O3S. The van der Waals surface area contributed by atoms with Crippen LogP contribution in [0.2, 0.25) is 0 Å². The van der Waals surface area contributed by atoms with Crippen molar-refractivity contribution in [1.29, 1.82) is 0 Å². The lowest BCUT2D eigenvalue weighted by atomic mass is 9.97. The highest BCUT2D eigenvalue weighted by molar-refractivity contribution is 7.08. The quantitative estimate of drug-likeness (QED) is 0.870. The lowest BCUT2D eigenvalue weighted by Gasteiger charge is -2.35. The van der Waals surface area contributed by atoms with Crippen LogP contribution in [0, 0.1) is 0 Å². The van der Waals surface area contributed by atoms with Crippen LogP contribution in [0.15, 0.2) is 28.1 Å². The number of methoxy groups -OCH3 is 1. The molecule has 1 saturated carbocycles. The van der Waals surface area contributed by atoms with Crippen molar-refractivity contribution in [3.8, 4) is 0 Å². The van der Waals surface area contributed by atoms with Gasteiger partial charge in [0.1, 0.15) is 0 Å². The van der Waals surface area contributed by atoms with Crippen LogP contribution in [0.25, 0.3) is 0 Å². The molecule has 0 spiro atoms. The predicted octanol–water partition coefficient (Wildman–Crippen LogP) is 2.42. The van der Waals surface area contributed by atoms with Gasteiger partial charge in [0.25, 0.3) is 0 Å². The summed E-state index contributed by atoms with van der Waals surface area (Å²) in [6.45, 7) is 1.82. The predicted molar refractivity (Wildman–Crippen MR) is 75.2 cm³/mol. The summed E-state index contributed by atoms with van der Waals surface area (Å²) in [5.41, 5.74) is 2.15. The highest BCUT2D eigenvalue weighted by Gasteiger charge is 2.42. The summed E-state index contributed by atoms with van der Waals surface area (Å²) >= 11 is 1.54. The molecular weight excluding hydrogens is 276 g/mol. The van der Waals surface area contributed by atoms with E-state index in [4.69, 9.17) is 4.74 Å². The molecule has 6 heteroatoms. The van der Waals surface area contributed by atoms with Gasteiger partial charge in [0.15, 0.2) is 0 Å². The Bertz CT molecular complexity index is 575. The maximum absolute atomic E-state index is 12.3. The summed E-state index contributed by atoms with van der Waals surface area (Å²) in [6.07, 6.45) is 1.98. The normalized spacial score (nSPS) is 22.8. The molecule has 20 heavy (non-hydrogen) atoms. The summed E-state index contributed by atoms with van der Waals surface area (Å²) in [5.74, 6) is -0.385. The van der Waals surface area contributed by atoms with E-state index in [0.717, 1.165) is 18.4 Å². The first-order chi connectivity index (χ1) is 9.63. The third-order valence-electron chi connectivity index (χ3n) is 3.72. The summed E-state index contributed by atoms with van der Waals surface area (Å²) < 4.78 is 4.90. The monoisotopic (exact) mass is 292 g/mol. The molecule has 0 bridgehead atoms. The van der Waals surface area contributed by atoms with Gasteiger partial charge in [0, 0.05) is 11.7 Å². The number of hydrogen-bond donors (Lipinski definition) is 1. The van der Waals surface area contributed by atoms with Crippen LogP contribution in [-0.2, 0) is 9.53 Å². The lowest BCUT2D eigenvalue weighted by molar-refractivity contribution is -0.136. The molecule has 0 radical (unpaired) electrons. The van der Waals surface area contributed by atoms with Crippen molar-refractivity contribution in [2.75, 3.05) is 7.11 Å². The molecule has 0 aromatic carbocycles. The van der Waals surface area contributed by atoms with Crippen LogP contribution in [0.3, 0.4) is 0 Å². The molecule has 1 N–H and O–H groups in total. The van der Waals surface area contributed by atoms with Gasteiger partial charge in [-0.2, -0.15) is 11.3 Å². The molecule has 1 aromatic rings. The first-order valence-electron chi connectivity index (χ1n) is 6.54. The second kappa shape index (κ2) is 4.94. The average Bonchev–Trinajstić information content (AvgIpc) is 3.10. The van der Waals surface area contributed by atoms with E-state index in [1.54, 1.807) is 4.90 Å². The molecule has 1 unspecified atom stereocenters. The summed E-state index contributed by atoms with van der Waals surface area (Å²) in [7, 11) is 1.37. The number of urea groups is 1. The number of ether oxygens (including phenoxy) is 1. The van der Waals surface area contributed by atoms with Crippen molar-refractivity contribution in [2.24, 2.45) is 0 Å². The van der Waals surface area contributed by atoms with Crippen LogP contribution in [0.5, 0.6) is 0 Å². The molecule has 1 aromatic heterocycles. The molecule has 1 aliphatic carbocycles. The fourth-order valence-corrected chi connectivity index (χ4v) is 3.28. The van der Waals surface area contributed by atoms with Crippen LogP contribution in [0.4, 0.5) is 4.79 Å². The molecule has 1 aliphatic heterocycles. The minimum absolute atomic E-state index is 0.131. The van der Waals surface area contributed by atoms with Crippen molar-refractivity contribution in [1.82, 2.24) is 10.2 Å². The number of amides is 2. The number of carbonyl (C=O) groups is 2. The Labute approximate surface area is 121 Å². The Morgan fingerprint density at radius 3 is 2.80 bits per heavy atom. The maximum Gasteiger partial charge on any atom is 0.337 e. The van der Waals surface area contributed by atoms with E-state index < -0.39 is 6.04 Å². The number of esters is 1. The third-order valence-corrected chi connectivity index (χ3v) is 4.42. The number of nitrogens with zero attached hydrogens (tertiary/aromatic N) is 1. The molecule has 1 atom stereocenters. The van der Waals surface area contributed by atoms with Gasteiger partial charge in [0.2, 0.25) is 0 Å². The van der Waals surface area contributed by atoms with Gasteiger partial charge in [-0.25, -0.2) is 9.59 Å². The van der Waals surface area contributed by atoms with Gasteiger partial charge in [0.05, 0.1) is 18.7 Å². The summed E-state index contributed by atoms with van der Waals surface area (Å²) in [6, 6.07) is 1.58. The van der Waals surface area contributed by atoms with Gasteiger partial charge in [-0.1, -0.05) is 0 Å². The average molecular weight is 292 g/mol. The Balaban J connectivity index is 2.06. The highest BCUT2D eigenvalue weighted by atomic mass is 32.1. The Hall–Kier alpha value is -1.82. The lowest BCUT2D eigenvalue weighted by Crippen LogP contribution is -2.48. The third kappa shape index (κ3) is 2.10. The molecule has 5 nitrogen and oxygen atoms in total. The van der Waals surface area contributed by atoms with E-state index in [-0.39, 0.29) is 18.0 Å². The van der Waals surface area contributed by atoms with Crippen LogP contribution < -0.4 is 5.32 Å². The van der Waals surface area contributed by atoms with E-state index in [9.17, 15) is 9.59 Å². The summed E-state index contributed by atoms with van der Waals surface area (Å²) in [4.78, 5) is 26.1. The van der Waals surface area contributed by atoms with Crippen LogP contribution in [0.1, 0.15) is 31.4 Å². The number of carbonyl (C=O) groups excluding carboxylic acids is 2. The van der Waals surface area contributed by atoms with E-state index >= 15 is 0 Å². The van der Waals surface area contributed by atoms with Crippen molar-refractivity contribution in [3.05, 3.63) is 33.7 Å². The maximum atomic E-state index is 12.3. The fourth-order valence-electron chi connectivity index (χ4n) is 2.59. The minimum atomic E-state index is -0.420. The second-order valence-electron chi connectivity index (χ2n) is 5.03. The minimum Gasteiger partial charge on any atom is -0.466 e. The number of allylic oxidation sites excluding steroid dienone is 1. The SMILES string of the molecule is COC(=O)C1=C(C)N(C2CC2)C(=O)NC1c1ccsc1. The molecule has 0 saturated heterocycles. The van der Waals surface area contributed by atoms with E-state index in [0.29, 0.717) is 11.3 Å². The topological polar surface area (TPSA) is 58.6 Å². The molecule has 1 fully saturated rings. The number of thiophene rings is 1. The van der Waals surface area contributed by atoms with Gasteiger partial charge in [-0.3, -0.25) is 4.90 Å². The van der Waals surface area contributed by atoms with Crippen LogP contribution in [-0.4, -0.2) is 30.1 Å². The molecule has 2 amide bonds. The van der Waals surface area contributed by atoms with Gasteiger partial charge < -0.3 is 10.1 Å². The molecule has 106 valence electrons. The van der Waals surface area contributed by atoms with E-state index in [1.807, 2.05) is 23.8 Å².